The van der Waals surface area contributed by atoms with E-state index in [-0.39, 0.29) is 0 Å². The van der Waals surface area contributed by atoms with Crippen molar-refractivity contribution >= 4 is 27.4 Å². The van der Waals surface area contributed by atoms with Gasteiger partial charge < -0.3 is 9.47 Å². The fraction of sp³-hybridized carbons (Fsp3) is 0.278. The maximum absolute atomic E-state index is 4.82. The van der Waals surface area contributed by atoms with Crippen molar-refractivity contribution in [2.75, 3.05) is 11.9 Å². The molecule has 0 atom stereocenters. The smallest absolute Gasteiger partial charge is 0.181 e. The Morgan fingerprint density at radius 3 is 3.04 bits per heavy atom. The van der Waals surface area contributed by atoms with Crippen LogP contribution in [-0.4, -0.2) is 36.8 Å². The molecule has 0 saturated heterocycles. The Morgan fingerprint density at radius 2 is 2.15 bits per heavy atom. The van der Waals surface area contributed by atoms with Crippen LogP contribution in [0.3, 0.4) is 0 Å². The van der Waals surface area contributed by atoms with Crippen LogP contribution < -0.4 is 4.90 Å². The summed E-state index contributed by atoms with van der Waals surface area (Å²) in [5.74, 6) is 3.62. The molecule has 1 aliphatic rings. The summed E-state index contributed by atoms with van der Waals surface area (Å²) in [6.45, 7) is 1.67. The zero-order valence-corrected chi connectivity index (χ0v) is 15.1. The summed E-state index contributed by atoms with van der Waals surface area (Å²) in [6.07, 6.45) is 3.93. The molecule has 26 heavy (non-hydrogen) atoms. The van der Waals surface area contributed by atoms with E-state index in [4.69, 9.17) is 4.98 Å². The van der Waals surface area contributed by atoms with Gasteiger partial charge in [0, 0.05) is 26.2 Å². The highest BCUT2D eigenvalue weighted by Crippen LogP contribution is 2.30. The van der Waals surface area contributed by atoms with E-state index in [0.29, 0.717) is 12.4 Å². The number of pyridine rings is 1. The third-order valence-corrected chi connectivity index (χ3v) is 5.43. The highest BCUT2D eigenvalue weighted by atomic mass is 32.1. The lowest BCUT2D eigenvalue weighted by molar-refractivity contribution is 0.675. The molecule has 0 bridgehead atoms. The molecule has 0 unspecified atom stereocenters. The number of rotatable bonds is 4. The van der Waals surface area contributed by atoms with Crippen LogP contribution in [0.1, 0.15) is 18.1 Å². The molecule has 0 saturated carbocycles. The maximum Gasteiger partial charge on any atom is 0.181 e. The third-order valence-electron chi connectivity index (χ3n) is 4.63. The SMILES string of the molecule is CN(Cc1nnc2n1CCC2)c1nc(-c2ccccn2)nc2sccc12. The van der Waals surface area contributed by atoms with E-state index in [1.165, 1.54) is 0 Å². The van der Waals surface area contributed by atoms with Crippen LogP contribution in [0, 0.1) is 0 Å². The molecule has 0 spiro atoms. The molecule has 5 rings (SSSR count). The van der Waals surface area contributed by atoms with E-state index in [9.17, 15) is 0 Å². The summed E-state index contributed by atoms with van der Waals surface area (Å²) in [5, 5.41) is 11.8. The molecule has 4 aromatic rings. The molecule has 7 nitrogen and oxygen atoms in total. The summed E-state index contributed by atoms with van der Waals surface area (Å²) in [6, 6.07) is 7.85. The Balaban J connectivity index is 1.55. The first-order valence-corrected chi connectivity index (χ1v) is 9.46. The number of anilines is 1. The second-order valence-corrected chi connectivity index (χ2v) is 7.26. The average Bonchev–Trinajstić information content (AvgIpc) is 3.39. The van der Waals surface area contributed by atoms with Crippen molar-refractivity contribution in [3.63, 3.8) is 0 Å². The quantitative estimate of drug-likeness (QED) is 0.555. The zero-order valence-electron chi connectivity index (χ0n) is 14.3. The first kappa shape index (κ1) is 15.4. The minimum absolute atomic E-state index is 0.647. The van der Waals surface area contributed by atoms with Gasteiger partial charge in [-0.25, -0.2) is 9.97 Å². The van der Waals surface area contributed by atoms with Gasteiger partial charge in [0.1, 0.15) is 22.2 Å². The van der Waals surface area contributed by atoms with Crippen molar-refractivity contribution in [3.05, 3.63) is 47.5 Å². The minimum atomic E-state index is 0.647. The molecule has 130 valence electrons. The Labute approximate surface area is 154 Å². The van der Waals surface area contributed by atoms with Crippen molar-refractivity contribution in [2.24, 2.45) is 0 Å². The van der Waals surface area contributed by atoms with Crippen LogP contribution >= 0.6 is 11.3 Å². The fourth-order valence-corrected chi connectivity index (χ4v) is 4.11. The molecule has 0 N–H and O–H groups in total. The third kappa shape index (κ3) is 2.53. The van der Waals surface area contributed by atoms with E-state index < -0.39 is 0 Å². The Bertz CT molecular complexity index is 1070. The average molecular weight is 363 g/mol. The molecule has 1 aliphatic heterocycles. The minimum Gasteiger partial charge on any atom is -0.351 e. The van der Waals surface area contributed by atoms with Gasteiger partial charge >= 0.3 is 0 Å². The molecule has 0 amide bonds. The Hall–Kier alpha value is -2.87. The van der Waals surface area contributed by atoms with Crippen LogP contribution in [0.2, 0.25) is 0 Å². The second kappa shape index (κ2) is 6.14. The van der Waals surface area contributed by atoms with Crippen LogP contribution in [0.25, 0.3) is 21.7 Å². The molecule has 0 fully saturated rings. The van der Waals surface area contributed by atoms with Crippen molar-refractivity contribution in [1.29, 1.82) is 0 Å². The number of nitrogens with zero attached hydrogens (tertiary/aromatic N) is 7. The Kier molecular flexibility index (Phi) is 3.63. The summed E-state index contributed by atoms with van der Waals surface area (Å²) in [7, 11) is 2.04. The van der Waals surface area contributed by atoms with E-state index in [2.05, 4.69) is 35.7 Å². The predicted octanol–water partition coefficient (Wildman–Crippen LogP) is 2.93. The van der Waals surface area contributed by atoms with E-state index in [1.54, 1.807) is 17.5 Å². The highest BCUT2D eigenvalue weighted by Gasteiger charge is 2.20. The summed E-state index contributed by atoms with van der Waals surface area (Å²) in [5.41, 5.74) is 0.779. The summed E-state index contributed by atoms with van der Waals surface area (Å²) < 4.78 is 2.22. The van der Waals surface area contributed by atoms with Gasteiger partial charge in [-0.2, -0.15) is 0 Å². The van der Waals surface area contributed by atoms with Gasteiger partial charge in [0.2, 0.25) is 0 Å². The number of aryl methyl sites for hydroxylation is 1. The predicted molar refractivity (Wildman–Crippen MR) is 101 cm³/mol. The molecular formula is C18H17N7S. The van der Waals surface area contributed by atoms with Gasteiger partial charge in [0.25, 0.3) is 0 Å². The number of thiophene rings is 1. The Morgan fingerprint density at radius 1 is 1.19 bits per heavy atom. The normalized spacial score (nSPS) is 13.3. The zero-order chi connectivity index (χ0) is 17.5. The molecule has 4 aromatic heterocycles. The van der Waals surface area contributed by atoms with Crippen molar-refractivity contribution in [2.45, 2.75) is 25.9 Å². The van der Waals surface area contributed by atoms with Gasteiger partial charge in [0.05, 0.1) is 11.9 Å². The lowest BCUT2D eigenvalue weighted by Gasteiger charge is -2.19. The van der Waals surface area contributed by atoms with Crippen molar-refractivity contribution in [1.82, 2.24) is 29.7 Å². The first-order chi connectivity index (χ1) is 12.8. The van der Waals surface area contributed by atoms with Crippen molar-refractivity contribution in [3.8, 4) is 11.5 Å². The molecule has 0 aliphatic carbocycles. The molecule has 0 radical (unpaired) electrons. The molecular weight excluding hydrogens is 346 g/mol. The molecule has 8 heteroatoms. The molecule has 0 aromatic carbocycles. The summed E-state index contributed by atoms with van der Waals surface area (Å²) in [4.78, 5) is 17.0. The van der Waals surface area contributed by atoms with E-state index in [0.717, 1.165) is 52.8 Å². The number of aromatic nitrogens is 6. The number of fused-ring (bicyclic) bond motifs is 2. The van der Waals surface area contributed by atoms with Gasteiger partial charge in [-0.05, 0) is 30.0 Å². The van der Waals surface area contributed by atoms with Gasteiger partial charge in [-0.15, -0.1) is 21.5 Å². The standard InChI is InChI=1S/C18H17N7S/c1-24(11-15-23-22-14-6-4-9-25(14)15)17-12-7-10-26-18(12)21-16(20-17)13-5-2-3-8-19-13/h2-3,5,7-8,10H,4,6,9,11H2,1H3. The lowest BCUT2D eigenvalue weighted by atomic mass is 10.3. The largest absolute Gasteiger partial charge is 0.351 e. The topological polar surface area (TPSA) is 72.6 Å². The fourth-order valence-electron chi connectivity index (χ4n) is 3.36. The van der Waals surface area contributed by atoms with Crippen LogP contribution in [-0.2, 0) is 19.5 Å². The number of hydrogen-bond donors (Lipinski definition) is 0. The van der Waals surface area contributed by atoms with Crippen LogP contribution in [0.5, 0.6) is 0 Å². The van der Waals surface area contributed by atoms with Crippen LogP contribution in [0.15, 0.2) is 35.8 Å². The first-order valence-electron chi connectivity index (χ1n) is 8.58. The maximum atomic E-state index is 4.82. The van der Waals surface area contributed by atoms with Gasteiger partial charge in [-0.3, -0.25) is 4.98 Å². The summed E-state index contributed by atoms with van der Waals surface area (Å²) >= 11 is 1.62. The van der Waals surface area contributed by atoms with Gasteiger partial charge in [-0.1, -0.05) is 6.07 Å². The van der Waals surface area contributed by atoms with Crippen LogP contribution in [0.4, 0.5) is 5.82 Å². The monoisotopic (exact) mass is 363 g/mol. The van der Waals surface area contributed by atoms with E-state index >= 15 is 0 Å². The van der Waals surface area contributed by atoms with E-state index in [1.807, 2.05) is 30.6 Å². The second-order valence-electron chi connectivity index (χ2n) is 6.37. The van der Waals surface area contributed by atoms with Gasteiger partial charge in [0.15, 0.2) is 11.6 Å². The highest BCUT2D eigenvalue weighted by molar-refractivity contribution is 7.16. The lowest BCUT2D eigenvalue weighted by Crippen LogP contribution is -2.21. The number of hydrogen-bond acceptors (Lipinski definition) is 7. The molecule has 5 heterocycles. The van der Waals surface area contributed by atoms with Crippen molar-refractivity contribution < 1.29 is 0 Å².